The maximum atomic E-state index is 12.6. The molecule has 0 aliphatic heterocycles. The molecule has 2 aromatic heterocycles. The number of anilines is 1. The van der Waals surface area contributed by atoms with Crippen molar-refractivity contribution < 1.29 is 19.1 Å². The number of hydrogen-bond acceptors (Lipinski definition) is 6. The molecule has 2 heterocycles. The lowest BCUT2D eigenvalue weighted by Crippen LogP contribution is -2.30. The minimum Gasteiger partial charge on any atom is -0.448 e. The van der Waals surface area contributed by atoms with Crippen LogP contribution in [-0.2, 0) is 29.4 Å². The van der Waals surface area contributed by atoms with Gasteiger partial charge in [0.15, 0.2) is 11.9 Å². The molecule has 7 nitrogen and oxygen atoms in total. The van der Waals surface area contributed by atoms with E-state index in [1.165, 1.54) is 35.8 Å². The molecule has 152 valence electrons. The van der Waals surface area contributed by atoms with E-state index in [1.807, 2.05) is 0 Å². The third kappa shape index (κ3) is 4.40. The molecular formula is C21H23N3O4S. The predicted molar refractivity (Wildman–Crippen MR) is 109 cm³/mol. The number of ketones is 1. The number of fused-ring (bicyclic) bond motifs is 1. The van der Waals surface area contributed by atoms with Crippen LogP contribution in [0.25, 0.3) is 0 Å². The van der Waals surface area contributed by atoms with Crippen molar-refractivity contribution >= 4 is 34.0 Å². The minimum absolute atomic E-state index is 0.160. The summed E-state index contributed by atoms with van der Waals surface area (Å²) in [6, 6.07) is 3.66. The van der Waals surface area contributed by atoms with Crippen LogP contribution in [0.1, 0.15) is 70.0 Å². The Bertz CT molecular complexity index is 1010. The monoisotopic (exact) mass is 413 g/mol. The number of aryl methyl sites for hydroxylation is 2. The summed E-state index contributed by atoms with van der Waals surface area (Å²) in [4.78, 5) is 37.6. The SMILES string of the molecule is CC(=O)c1cc(C(=O)O[C@H](C)C(=O)Nc2sc3c(c2C#N)CCCCC3)n(C)c1. The fraction of sp³-hybridized carbons (Fsp3) is 0.429. The lowest BCUT2D eigenvalue weighted by atomic mass is 10.1. The van der Waals surface area contributed by atoms with Crippen LogP contribution in [0.2, 0.25) is 0 Å². The van der Waals surface area contributed by atoms with E-state index in [0.29, 0.717) is 16.1 Å². The molecule has 0 saturated heterocycles. The number of nitriles is 1. The fourth-order valence-electron chi connectivity index (χ4n) is 3.40. The second-order valence-corrected chi connectivity index (χ2v) is 8.30. The molecule has 8 heteroatoms. The van der Waals surface area contributed by atoms with Gasteiger partial charge < -0.3 is 14.6 Å². The highest BCUT2D eigenvalue weighted by molar-refractivity contribution is 7.16. The van der Waals surface area contributed by atoms with E-state index in [9.17, 15) is 19.6 Å². The number of hydrogen-bond donors (Lipinski definition) is 1. The van der Waals surface area contributed by atoms with E-state index in [-0.39, 0.29) is 11.5 Å². The number of ether oxygens (including phenoxy) is 1. The molecular weight excluding hydrogens is 390 g/mol. The first-order valence-corrected chi connectivity index (χ1v) is 10.4. The second-order valence-electron chi connectivity index (χ2n) is 7.20. The molecule has 0 bridgehead atoms. The van der Waals surface area contributed by atoms with Crippen molar-refractivity contribution in [3.63, 3.8) is 0 Å². The maximum absolute atomic E-state index is 12.6. The molecule has 1 aliphatic carbocycles. The van der Waals surface area contributed by atoms with Gasteiger partial charge >= 0.3 is 5.97 Å². The Kier molecular flexibility index (Phi) is 6.18. The van der Waals surface area contributed by atoms with Crippen LogP contribution in [0, 0.1) is 11.3 Å². The van der Waals surface area contributed by atoms with Crippen LogP contribution < -0.4 is 5.32 Å². The zero-order valence-electron chi connectivity index (χ0n) is 16.7. The zero-order chi connectivity index (χ0) is 21.1. The van der Waals surface area contributed by atoms with Crippen LogP contribution in [0.3, 0.4) is 0 Å². The number of amides is 1. The number of nitrogens with one attached hydrogen (secondary N) is 1. The van der Waals surface area contributed by atoms with Crippen LogP contribution in [0.4, 0.5) is 5.00 Å². The first-order valence-electron chi connectivity index (χ1n) is 9.55. The Morgan fingerprint density at radius 3 is 2.66 bits per heavy atom. The molecule has 1 amide bonds. The van der Waals surface area contributed by atoms with E-state index in [2.05, 4.69) is 11.4 Å². The quantitative estimate of drug-likeness (QED) is 0.458. The van der Waals surface area contributed by atoms with Gasteiger partial charge in [-0.3, -0.25) is 9.59 Å². The first-order chi connectivity index (χ1) is 13.8. The van der Waals surface area contributed by atoms with E-state index in [1.54, 1.807) is 13.2 Å². The molecule has 1 aliphatic rings. The van der Waals surface area contributed by atoms with Crippen molar-refractivity contribution in [2.24, 2.45) is 7.05 Å². The van der Waals surface area contributed by atoms with E-state index in [4.69, 9.17) is 4.74 Å². The Balaban J connectivity index is 1.71. The van der Waals surface area contributed by atoms with Crippen LogP contribution >= 0.6 is 11.3 Å². The van der Waals surface area contributed by atoms with Crippen molar-refractivity contribution in [2.45, 2.75) is 52.1 Å². The number of Topliss-reactive ketones (excluding diaryl/α,β-unsaturated/α-hetero) is 1. The second kappa shape index (κ2) is 8.62. The number of carbonyl (C=O) groups excluding carboxylic acids is 3. The first kappa shape index (κ1) is 20.8. The fourth-order valence-corrected chi connectivity index (χ4v) is 4.64. The summed E-state index contributed by atoms with van der Waals surface area (Å²) in [5.74, 6) is -1.34. The van der Waals surface area contributed by atoms with Gasteiger partial charge in [-0.25, -0.2) is 4.79 Å². The van der Waals surface area contributed by atoms with Crippen molar-refractivity contribution in [1.82, 2.24) is 4.57 Å². The van der Waals surface area contributed by atoms with Crippen molar-refractivity contribution in [1.29, 1.82) is 5.26 Å². The molecule has 0 fully saturated rings. The van der Waals surface area contributed by atoms with Crippen molar-refractivity contribution in [2.75, 3.05) is 5.32 Å². The van der Waals surface area contributed by atoms with Crippen LogP contribution in [-0.4, -0.2) is 28.3 Å². The average molecular weight is 413 g/mol. The third-order valence-electron chi connectivity index (χ3n) is 5.04. The lowest BCUT2D eigenvalue weighted by molar-refractivity contribution is -0.123. The van der Waals surface area contributed by atoms with Gasteiger partial charge in [-0.05, 0) is 51.2 Å². The molecule has 0 saturated carbocycles. The highest BCUT2D eigenvalue weighted by Gasteiger charge is 2.25. The van der Waals surface area contributed by atoms with Gasteiger partial charge in [-0.15, -0.1) is 11.3 Å². The van der Waals surface area contributed by atoms with Gasteiger partial charge in [-0.2, -0.15) is 5.26 Å². The van der Waals surface area contributed by atoms with Gasteiger partial charge in [0, 0.05) is 23.7 Å². The van der Waals surface area contributed by atoms with Crippen molar-refractivity contribution in [3.05, 3.63) is 39.5 Å². The summed E-state index contributed by atoms with van der Waals surface area (Å²) < 4.78 is 6.77. The summed E-state index contributed by atoms with van der Waals surface area (Å²) in [5, 5.41) is 12.8. The van der Waals surface area contributed by atoms with E-state index >= 15 is 0 Å². The largest absolute Gasteiger partial charge is 0.448 e. The van der Waals surface area contributed by atoms with Gasteiger partial charge in [0.05, 0.1) is 5.56 Å². The molecule has 3 rings (SSSR count). The normalized spacial score (nSPS) is 14.3. The Hall–Kier alpha value is -2.92. The standard InChI is InChI=1S/C21H23N3O4S/c1-12(25)14-9-17(24(3)11-14)21(27)28-13(2)19(26)23-20-16(10-22)15-7-5-4-6-8-18(15)29-20/h9,11,13H,4-8H2,1-3H3,(H,23,26)/t13-/m1/s1. The number of rotatable bonds is 5. The van der Waals surface area contributed by atoms with Gasteiger partial charge in [0.1, 0.15) is 16.8 Å². The number of esters is 1. The highest BCUT2D eigenvalue weighted by atomic mass is 32.1. The maximum Gasteiger partial charge on any atom is 0.355 e. The zero-order valence-corrected chi connectivity index (χ0v) is 17.5. The Labute approximate surface area is 173 Å². The predicted octanol–water partition coefficient (Wildman–Crippen LogP) is 3.61. The van der Waals surface area contributed by atoms with Crippen LogP contribution in [0.5, 0.6) is 0 Å². The molecule has 0 aromatic carbocycles. The number of aromatic nitrogens is 1. The average Bonchev–Trinajstić information content (AvgIpc) is 3.13. The molecule has 0 radical (unpaired) electrons. The molecule has 2 aromatic rings. The van der Waals surface area contributed by atoms with Crippen molar-refractivity contribution in [3.8, 4) is 6.07 Å². The van der Waals surface area contributed by atoms with Crippen LogP contribution in [0.15, 0.2) is 12.3 Å². The molecule has 1 N–H and O–H groups in total. The summed E-state index contributed by atoms with van der Waals surface area (Å²) in [6.07, 6.45) is 5.53. The summed E-state index contributed by atoms with van der Waals surface area (Å²) in [5.41, 5.74) is 2.15. The van der Waals surface area contributed by atoms with E-state index < -0.39 is 18.0 Å². The van der Waals surface area contributed by atoms with Gasteiger partial charge in [0.25, 0.3) is 5.91 Å². The number of carbonyl (C=O) groups is 3. The van der Waals surface area contributed by atoms with E-state index in [0.717, 1.165) is 42.5 Å². The summed E-state index contributed by atoms with van der Waals surface area (Å²) in [7, 11) is 1.63. The third-order valence-corrected chi connectivity index (χ3v) is 6.25. The Morgan fingerprint density at radius 1 is 1.28 bits per heavy atom. The lowest BCUT2D eigenvalue weighted by Gasteiger charge is -2.13. The topological polar surface area (TPSA) is 101 Å². The smallest absolute Gasteiger partial charge is 0.355 e. The summed E-state index contributed by atoms with van der Waals surface area (Å²) in [6.45, 7) is 2.89. The molecule has 0 spiro atoms. The number of thiophene rings is 1. The molecule has 1 atom stereocenters. The minimum atomic E-state index is -1.05. The summed E-state index contributed by atoms with van der Waals surface area (Å²) >= 11 is 1.43. The molecule has 29 heavy (non-hydrogen) atoms. The highest BCUT2D eigenvalue weighted by Crippen LogP contribution is 2.37. The Morgan fingerprint density at radius 2 is 2.00 bits per heavy atom. The molecule has 0 unspecified atom stereocenters. The number of nitrogens with zero attached hydrogens (tertiary/aromatic N) is 2. The van der Waals surface area contributed by atoms with Gasteiger partial charge in [-0.1, -0.05) is 6.42 Å². The van der Waals surface area contributed by atoms with Gasteiger partial charge in [0.2, 0.25) is 0 Å².